The normalized spacial score (nSPS) is 14.1. The molecule has 2 aromatic carbocycles. The average Bonchev–Trinajstić information content (AvgIpc) is 3.05. The second kappa shape index (κ2) is 17.4. The molecule has 0 bridgehead atoms. The van der Waals surface area contributed by atoms with E-state index in [9.17, 15) is 57.9 Å². The van der Waals surface area contributed by atoms with E-state index in [1.807, 2.05) is 6.92 Å². The zero-order valence-corrected chi connectivity index (χ0v) is 31.7. The minimum absolute atomic E-state index is 0.0804. The summed E-state index contributed by atoms with van der Waals surface area (Å²) in [4.78, 5) is 25.4. The first-order chi connectivity index (χ1) is 25.9. The Bertz CT molecular complexity index is 1900. The van der Waals surface area contributed by atoms with Crippen LogP contribution in [0.15, 0.2) is 51.7 Å². The van der Waals surface area contributed by atoms with Gasteiger partial charge in [0.2, 0.25) is 0 Å². The minimum Gasteiger partial charge on any atom is -0.493 e. The van der Waals surface area contributed by atoms with Crippen molar-refractivity contribution in [3.8, 4) is 22.6 Å². The van der Waals surface area contributed by atoms with Gasteiger partial charge < -0.3 is 30.1 Å². The van der Waals surface area contributed by atoms with Crippen LogP contribution in [0.1, 0.15) is 78.7 Å². The number of carbonyl (C=O) groups excluding carboxylic acids is 1. The fraction of sp³-hybridized carbons (Fsp3) is 0.579. The standard InChI is InChI=1S/C38H45F11N2O6/c1-6-7-8-9-22-10-13-25(29(18-22)57-38(47,48)49)26-19-23-11-12-24(20-28(23)56-30(26)52)54-16-14-34(39,40)36(43,44)37(45,46)35(41,42)15-17-55-31(53)27(33(4,5)51)21-32(2,3)50/h10-13,18-20,27H,6-9,14-17,21,50-51H2,1-5H3. The molecule has 320 valence electrons. The molecule has 3 aromatic rings. The highest BCUT2D eigenvalue weighted by molar-refractivity contribution is 5.84. The number of benzene rings is 2. The molecule has 8 nitrogen and oxygen atoms in total. The van der Waals surface area contributed by atoms with E-state index < -0.39 is 96.2 Å². The molecule has 0 amide bonds. The summed E-state index contributed by atoms with van der Waals surface area (Å²) >= 11 is 0. The van der Waals surface area contributed by atoms with Gasteiger partial charge in [-0.3, -0.25) is 4.79 Å². The van der Waals surface area contributed by atoms with Crippen molar-refractivity contribution in [2.75, 3.05) is 13.2 Å². The molecule has 0 aliphatic heterocycles. The molecule has 1 atom stereocenters. The van der Waals surface area contributed by atoms with Crippen LogP contribution in [0.4, 0.5) is 48.3 Å². The maximum absolute atomic E-state index is 14.6. The van der Waals surface area contributed by atoms with Gasteiger partial charge in [-0.25, -0.2) is 4.79 Å². The molecule has 0 fully saturated rings. The van der Waals surface area contributed by atoms with Crippen LogP contribution in [0.25, 0.3) is 22.1 Å². The Morgan fingerprint density at radius 3 is 1.91 bits per heavy atom. The summed E-state index contributed by atoms with van der Waals surface area (Å²) in [5.41, 5.74) is 7.92. The van der Waals surface area contributed by atoms with E-state index in [0.29, 0.717) is 18.4 Å². The Hall–Kier alpha value is -4.13. The second-order valence-electron chi connectivity index (χ2n) is 15.1. The molecule has 1 unspecified atom stereocenters. The van der Waals surface area contributed by atoms with Gasteiger partial charge in [0, 0.05) is 28.1 Å². The highest BCUT2D eigenvalue weighted by atomic mass is 19.4. The number of nitrogens with two attached hydrogens (primary N) is 2. The van der Waals surface area contributed by atoms with Gasteiger partial charge in [-0.1, -0.05) is 31.9 Å². The lowest BCUT2D eigenvalue weighted by Gasteiger charge is -2.37. The molecule has 1 aromatic heterocycles. The molecule has 1 heterocycles. The Morgan fingerprint density at radius 2 is 1.37 bits per heavy atom. The van der Waals surface area contributed by atoms with Crippen LogP contribution in [0.2, 0.25) is 0 Å². The number of halogens is 11. The van der Waals surface area contributed by atoms with E-state index in [4.69, 9.17) is 20.6 Å². The molecule has 4 N–H and O–H groups in total. The van der Waals surface area contributed by atoms with Gasteiger partial charge in [-0.2, -0.15) is 35.1 Å². The Kier molecular flexibility index (Phi) is 14.4. The number of aryl methyl sites for hydroxylation is 1. The monoisotopic (exact) mass is 834 g/mol. The molecular weight excluding hydrogens is 789 g/mol. The number of alkyl halides is 11. The summed E-state index contributed by atoms with van der Waals surface area (Å²) in [6.45, 7) is 4.75. The number of rotatable bonds is 20. The molecule has 0 radical (unpaired) electrons. The summed E-state index contributed by atoms with van der Waals surface area (Å²) < 4.78 is 175. The highest BCUT2D eigenvalue weighted by Gasteiger charge is 2.79. The molecule has 0 spiro atoms. The first-order valence-electron chi connectivity index (χ1n) is 17.8. The van der Waals surface area contributed by atoms with Crippen LogP contribution < -0.4 is 26.6 Å². The Labute approximate surface area is 321 Å². The van der Waals surface area contributed by atoms with Crippen LogP contribution in [0.5, 0.6) is 11.5 Å². The Morgan fingerprint density at radius 1 is 0.772 bits per heavy atom. The molecule has 57 heavy (non-hydrogen) atoms. The largest absolute Gasteiger partial charge is 0.573 e. The lowest BCUT2D eigenvalue weighted by molar-refractivity contribution is -0.369. The van der Waals surface area contributed by atoms with Gasteiger partial charge in [-0.05, 0) is 76.8 Å². The first kappa shape index (κ1) is 47.2. The minimum atomic E-state index is -6.65. The Balaban J connectivity index is 1.73. The summed E-state index contributed by atoms with van der Waals surface area (Å²) in [5.74, 6) is -28.4. The van der Waals surface area contributed by atoms with Crippen LogP contribution in [-0.2, 0) is 16.0 Å². The van der Waals surface area contributed by atoms with E-state index in [0.717, 1.165) is 37.1 Å². The van der Waals surface area contributed by atoms with E-state index in [2.05, 4.69) is 9.47 Å². The smallest absolute Gasteiger partial charge is 0.493 e. The maximum Gasteiger partial charge on any atom is 0.573 e. The predicted octanol–water partition coefficient (Wildman–Crippen LogP) is 9.82. The number of ether oxygens (including phenoxy) is 3. The van der Waals surface area contributed by atoms with Gasteiger partial charge in [0.1, 0.15) is 17.1 Å². The fourth-order valence-electron chi connectivity index (χ4n) is 5.73. The topological polar surface area (TPSA) is 127 Å². The zero-order valence-electron chi connectivity index (χ0n) is 31.7. The van der Waals surface area contributed by atoms with E-state index in [-0.39, 0.29) is 28.5 Å². The van der Waals surface area contributed by atoms with Gasteiger partial charge in [0.15, 0.2) is 0 Å². The summed E-state index contributed by atoms with van der Waals surface area (Å²) in [6.07, 6.45) is -6.86. The quantitative estimate of drug-likeness (QED) is 0.0499. The second-order valence-corrected chi connectivity index (χ2v) is 15.1. The van der Waals surface area contributed by atoms with Crippen molar-refractivity contribution in [1.82, 2.24) is 0 Å². The average molecular weight is 835 g/mol. The van der Waals surface area contributed by atoms with Crippen molar-refractivity contribution in [1.29, 1.82) is 0 Å². The zero-order chi connectivity index (χ0) is 43.4. The molecular formula is C38H45F11N2O6. The van der Waals surface area contributed by atoms with Gasteiger partial charge in [0.25, 0.3) is 0 Å². The van der Waals surface area contributed by atoms with Crippen molar-refractivity contribution < 1.29 is 71.7 Å². The van der Waals surface area contributed by atoms with E-state index in [1.54, 1.807) is 0 Å². The van der Waals surface area contributed by atoms with Crippen molar-refractivity contribution in [2.24, 2.45) is 17.4 Å². The van der Waals surface area contributed by atoms with Crippen LogP contribution >= 0.6 is 0 Å². The lowest BCUT2D eigenvalue weighted by atomic mass is 9.80. The molecule has 0 saturated carbocycles. The van der Waals surface area contributed by atoms with Crippen molar-refractivity contribution in [3.05, 3.63) is 58.4 Å². The number of carbonyl (C=O) groups is 1. The van der Waals surface area contributed by atoms with Crippen LogP contribution in [-0.4, -0.2) is 60.3 Å². The third kappa shape index (κ3) is 12.0. The highest BCUT2D eigenvalue weighted by Crippen LogP contribution is 2.54. The van der Waals surface area contributed by atoms with Crippen LogP contribution in [0.3, 0.4) is 0 Å². The summed E-state index contributed by atoms with van der Waals surface area (Å²) in [7, 11) is 0. The molecule has 0 aliphatic rings. The summed E-state index contributed by atoms with van der Waals surface area (Å²) in [6, 6.07) is 8.23. The maximum atomic E-state index is 14.6. The number of unbranched alkanes of at least 4 members (excludes halogenated alkanes) is 2. The third-order valence-corrected chi connectivity index (χ3v) is 8.91. The van der Waals surface area contributed by atoms with E-state index >= 15 is 0 Å². The van der Waals surface area contributed by atoms with Crippen molar-refractivity contribution >= 4 is 16.9 Å². The van der Waals surface area contributed by atoms with E-state index in [1.165, 1.54) is 45.9 Å². The van der Waals surface area contributed by atoms with Crippen LogP contribution in [0, 0.1) is 5.92 Å². The molecule has 0 saturated heterocycles. The number of fused-ring (bicyclic) bond motifs is 1. The van der Waals surface area contributed by atoms with Gasteiger partial charge >= 0.3 is 41.6 Å². The van der Waals surface area contributed by atoms with Gasteiger partial charge in [0.05, 0.1) is 37.5 Å². The fourth-order valence-corrected chi connectivity index (χ4v) is 5.73. The van der Waals surface area contributed by atoms with Crippen molar-refractivity contribution in [3.63, 3.8) is 0 Å². The first-order valence-corrected chi connectivity index (χ1v) is 17.8. The van der Waals surface area contributed by atoms with Gasteiger partial charge in [-0.15, -0.1) is 13.2 Å². The lowest BCUT2D eigenvalue weighted by Crippen LogP contribution is -2.62. The predicted molar refractivity (Wildman–Crippen MR) is 188 cm³/mol. The number of hydrogen-bond donors (Lipinski definition) is 2. The molecule has 19 heteroatoms. The third-order valence-electron chi connectivity index (χ3n) is 8.91. The molecule has 3 rings (SSSR count). The summed E-state index contributed by atoms with van der Waals surface area (Å²) in [5, 5.41) is 0.0804. The number of esters is 1. The number of hydrogen-bond acceptors (Lipinski definition) is 8. The SMILES string of the molecule is CCCCCc1ccc(-c2cc3ccc(OCCC(F)(F)C(F)(F)C(F)(F)C(F)(F)CCOC(=O)C(CC(C)(C)N)C(C)(C)N)cc3oc2=O)c(OC(F)(F)F)c1. The molecule has 0 aliphatic carbocycles. The van der Waals surface area contributed by atoms with Crippen molar-refractivity contribution in [2.45, 2.75) is 121 Å².